The first-order valence-electron chi connectivity index (χ1n) is 13.8. The van der Waals surface area contributed by atoms with Crippen LogP contribution >= 0.6 is 0 Å². The maximum absolute atomic E-state index is 14.3. The molecule has 0 unspecified atom stereocenters. The molecule has 4 heterocycles. The van der Waals surface area contributed by atoms with Gasteiger partial charge < -0.3 is 9.30 Å². The molecule has 2 aliphatic rings. The van der Waals surface area contributed by atoms with Gasteiger partial charge in [-0.3, -0.25) is 13.9 Å². The Morgan fingerprint density at radius 2 is 1.93 bits per heavy atom. The number of morpholine rings is 1. The van der Waals surface area contributed by atoms with Crippen LogP contribution in [-0.2, 0) is 18.0 Å². The molecule has 6 rings (SSSR count). The molecule has 1 saturated heterocycles. The van der Waals surface area contributed by atoms with Crippen LogP contribution in [0.3, 0.4) is 0 Å². The Balaban J connectivity index is 1.45. The van der Waals surface area contributed by atoms with Crippen molar-refractivity contribution in [3.8, 4) is 5.69 Å². The highest BCUT2D eigenvalue weighted by Crippen LogP contribution is 2.43. The number of imidazole rings is 1. The number of hydrogen-bond donors (Lipinski definition) is 0. The van der Waals surface area contributed by atoms with Gasteiger partial charge in [-0.25, -0.2) is 4.79 Å². The first kappa shape index (κ1) is 26.8. The summed E-state index contributed by atoms with van der Waals surface area (Å²) in [5.41, 5.74) is 0.389. The molecule has 40 heavy (non-hydrogen) atoms. The van der Waals surface area contributed by atoms with Crippen molar-refractivity contribution in [3.63, 3.8) is 0 Å². The molecule has 2 fully saturated rings. The van der Waals surface area contributed by atoms with E-state index < -0.39 is 17.4 Å². The van der Waals surface area contributed by atoms with Crippen molar-refractivity contribution in [2.75, 3.05) is 19.7 Å². The molecule has 0 N–H and O–H groups in total. The van der Waals surface area contributed by atoms with Gasteiger partial charge in [-0.1, -0.05) is 18.6 Å². The van der Waals surface area contributed by atoms with E-state index in [-0.39, 0.29) is 23.6 Å². The molecule has 3 atom stereocenters. The number of alkyl halides is 3. The highest BCUT2D eigenvalue weighted by atomic mass is 19.4. The van der Waals surface area contributed by atoms with Crippen molar-refractivity contribution in [1.29, 1.82) is 0 Å². The van der Waals surface area contributed by atoms with Gasteiger partial charge in [-0.05, 0) is 61.9 Å². The SMILES string of the molecule is C[C@@H]1CN([C@@H](C)c2cc(C(F)(F)F)c3cn(-c4cccc([C@@H](c5nncn5C)C5CCC5)c4)c(=O)n3c2)CCO1. The summed E-state index contributed by atoms with van der Waals surface area (Å²) in [4.78, 5) is 15.8. The highest BCUT2D eigenvalue weighted by Gasteiger charge is 2.36. The molecule has 8 nitrogen and oxygen atoms in total. The van der Waals surface area contributed by atoms with E-state index in [0.29, 0.717) is 36.9 Å². The third-order valence-corrected chi connectivity index (χ3v) is 8.55. The lowest BCUT2D eigenvalue weighted by Crippen LogP contribution is -2.42. The molecule has 0 spiro atoms. The molecule has 11 heteroatoms. The van der Waals surface area contributed by atoms with Crippen molar-refractivity contribution >= 4 is 5.52 Å². The molecule has 0 bridgehead atoms. The second-order valence-corrected chi connectivity index (χ2v) is 11.1. The maximum Gasteiger partial charge on any atom is 0.418 e. The molecule has 212 valence electrons. The summed E-state index contributed by atoms with van der Waals surface area (Å²) in [6.45, 7) is 5.56. The van der Waals surface area contributed by atoms with Crippen LogP contribution in [0.4, 0.5) is 13.2 Å². The van der Waals surface area contributed by atoms with E-state index in [0.717, 1.165) is 35.1 Å². The standard InChI is InChI=1S/C29H33F3N6O2/c1-18-14-36(10-11-40-18)19(2)22-13-24(29(30,31)32)25-16-37(28(39)38(25)15-22)23-9-5-8-21(12-23)26(20-6-4-7-20)27-34-33-17-35(27)3/h5,8-9,12-13,15-20,26H,4,6-7,10-11,14H2,1-3H3/t18-,19+,26+/m1/s1. The number of benzene rings is 1. The van der Waals surface area contributed by atoms with E-state index in [4.69, 9.17) is 4.74 Å². The van der Waals surface area contributed by atoms with Crippen molar-refractivity contribution in [2.45, 2.75) is 57.3 Å². The number of ether oxygens (including phenoxy) is 1. The van der Waals surface area contributed by atoms with E-state index in [1.807, 2.05) is 43.7 Å². The van der Waals surface area contributed by atoms with Crippen LogP contribution in [0.15, 0.2) is 53.8 Å². The number of nitrogens with zero attached hydrogens (tertiary/aromatic N) is 6. The minimum absolute atomic E-state index is 0.0107. The Kier molecular flexibility index (Phi) is 6.82. The van der Waals surface area contributed by atoms with Gasteiger partial charge in [-0.15, -0.1) is 10.2 Å². The van der Waals surface area contributed by atoms with E-state index in [2.05, 4.69) is 15.1 Å². The van der Waals surface area contributed by atoms with Gasteiger partial charge in [0.1, 0.15) is 12.2 Å². The van der Waals surface area contributed by atoms with E-state index in [9.17, 15) is 18.0 Å². The molecule has 1 aliphatic heterocycles. The molecule has 1 saturated carbocycles. The smallest absolute Gasteiger partial charge is 0.376 e. The Labute approximate surface area is 230 Å². The minimum atomic E-state index is -4.62. The molecular weight excluding hydrogens is 521 g/mol. The fourth-order valence-electron chi connectivity index (χ4n) is 6.11. The average Bonchev–Trinajstić information content (AvgIpc) is 3.47. The zero-order valence-electron chi connectivity index (χ0n) is 22.8. The quantitative estimate of drug-likeness (QED) is 0.337. The molecule has 0 amide bonds. The van der Waals surface area contributed by atoms with Crippen molar-refractivity contribution in [3.05, 3.63) is 82.1 Å². The monoisotopic (exact) mass is 554 g/mol. The van der Waals surface area contributed by atoms with Crippen LogP contribution in [0.1, 0.15) is 67.6 Å². The second-order valence-electron chi connectivity index (χ2n) is 11.1. The van der Waals surface area contributed by atoms with Crippen molar-refractivity contribution in [2.24, 2.45) is 13.0 Å². The predicted octanol–water partition coefficient (Wildman–Crippen LogP) is 4.95. The summed E-state index contributed by atoms with van der Waals surface area (Å²) in [7, 11) is 1.91. The van der Waals surface area contributed by atoms with Gasteiger partial charge in [0.25, 0.3) is 0 Å². The van der Waals surface area contributed by atoms with E-state index in [1.54, 1.807) is 18.6 Å². The molecule has 1 aromatic carbocycles. The van der Waals surface area contributed by atoms with E-state index in [1.165, 1.54) is 16.8 Å². The normalized spacial score (nSPS) is 20.5. The first-order valence-corrected chi connectivity index (χ1v) is 13.8. The van der Waals surface area contributed by atoms with Crippen LogP contribution in [0.5, 0.6) is 0 Å². The number of hydrogen-bond acceptors (Lipinski definition) is 5. The van der Waals surface area contributed by atoms with Crippen molar-refractivity contribution < 1.29 is 17.9 Å². The molecule has 4 aromatic rings. The maximum atomic E-state index is 14.3. The molecular formula is C29H33F3N6O2. The summed E-state index contributed by atoms with van der Waals surface area (Å²) < 4.78 is 53.0. The van der Waals surface area contributed by atoms with Gasteiger partial charge >= 0.3 is 11.9 Å². The second kappa shape index (κ2) is 10.2. The van der Waals surface area contributed by atoms with Gasteiger partial charge in [0.15, 0.2) is 0 Å². The number of halogens is 3. The number of pyridine rings is 1. The minimum Gasteiger partial charge on any atom is -0.376 e. The summed E-state index contributed by atoms with van der Waals surface area (Å²) in [5.74, 6) is 1.22. The largest absolute Gasteiger partial charge is 0.418 e. The fraction of sp³-hybridized carbons (Fsp3) is 0.483. The summed E-state index contributed by atoms with van der Waals surface area (Å²) in [6.07, 6.45) is 3.16. The summed E-state index contributed by atoms with van der Waals surface area (Å²) in [6, 6.07) is 8.35. The Morgan fingerprint density at radius 1 is 1.12 bits per heavy atom. The van der Waals surface area contributed by atoms with Crippen LogP contribution < -0.4 is 5.69 Å². The number of aromatic nitrogens is 5. The third-order valence-electron chi connectivity index (χ3n) is 8.55. The molecule has 1 aliphatic carbocycles. The summed E-state index contributed by atoms with van der Waals surface area (Å²) >= 11 is 0. The highest BCUT2D eigenvalue weighted by molar-refractivity contribution is 5.58. The Bertz CT molecular complexity index is 1580. The van der Waals surface area contributed by atoms with Gasteiger partial charge in [0.2, 0.25) is 0 Å². The Morgan fingerprint density at radius 3 is 2.58 bits per heavy atom. The lowest BCUT2D eigenvalue weighted by atomic mass is 9.72. The average molecular weight is 555 g/mol. The molecule has 3 aromatic heterocycles. The number of rotatable bonds is 6. The van der Waals surface area contributed by atoms with Gasteiger partial charge in [0, 0.05) is 44.5 Å². The lowest BCUT2D eigenvalue weighted by Gasteiger charge is -2.36. The van der Waals surface area contributed by atoms with Crippen LogP contribution in [0.2, 0.25) is 0 Å². The van der Waals surface area contributed by atoms with Crippen LogP contribution in [0, 0.1) is 5.92 Å². The van der Waals surface area contributed by atoms with Gasteiger partial charge in [0.05, 0.1) is 29.5 Å². The number of fused-ring (bicyclic) bond motifs is 1. The topological polar surface area (TPSA) is 69.6 Å². The summed E-state index contributed by atoms with van der Waals surface area (Å²) in [5, 5.41) is 8.42. The Hall–Kier alpha value is -3.44. The van der Waals surface area contributed by atoms with Gasteiger partial charge in [-0.2, -0.15) is 13.2 Å². The van der Waals surface area contributed by atoms with Crippen LogP contribution in [-0.4, -0.2) is 54.4 Å². The lowest BCUT2D eigenvalue weighted by molar-refractivity contribution is -0.136. The first-order chi connectivity index (χ1) is 19.1. The predicted molar refractivity (Wildman–Crippen MR) is 144 cm³/mol. The number of aryl methyl sites for hydroxylation is 1. The zero-order chi connectivity index (χ0) is 28.2. The van der Waals surface area contributed by atoms with Crippen molar-refractivity contribution in [1.82, 2.24) is 28.6 Å². The third kappa shape index (κ3) is 4.75. The van der Waals surface area contributed by atoms with E-state index >= 15 is 0 Å². The molecule has 0 radical (unpaired) electrons. The zero-order valence-corrected chi connectivity index (χ0v) is 22.8. The van der Waals surface area contributed by atoms with Crippen LogP contribution in [0.25, 0.3) is 11.2 Å². The fourth-order valence-corrected chi connectivity index (χ4v) is 6.11.